The summed E-state index contributed by atoms with van der Waals surface area (Å²) in [4.78, 5) is 4.19. The number of hydrogen-bond acceptors (Lipinski definition) is 3. The number of hydrogen-bond donors (Lipinski definition) is 1. The van der Waals surface area contributed by atoms with E-state index in [1.165, 1.54) is 6.33 Å². The minimum Gasteiger partial charge on any atom is -0.388 e. The van der Waals surface area contributed by atoms with E-state index >= 15 is 0 Å². The molecule has 0 aliphatic heterocycles. The summed E-state index contributed by atoms with van der Waals surface area (Å²) in [6, 6.07) is 5.44. The summed E-state index contributed by atoms with van der Waals surface area (Å²) >= 11 is 9.36. The van der Waals surface area contributed by atoms with Gasteiger partial charge in [-0.1, -0.05) is 24.6 Å². The number of aromatic nitrogens is 3. The van der Waals surface area contributed by atoms with Crippen molar-refractivity contribution in [2.75, 3.05) is 0 Å². The van der Waals surface area contributed by atoms with Crippen molar-refractivity contribution in [2.24, 2.45) is 0 Å². The third kappa shape index (κ3) is 3.55. The Morgan fingerprint density at radius 2 is 2.26 bits per heavy atom. The Bertz CT molecular complexity index is 559. The zero-order valence-electron chi connectivity index (χ0n) is 10.6. The normalized spacial score (nSPS) is 12.6. The van der Waals surface area contributed by atoms with E-state index in [9.17, 15) is 5.11 Å². The van der Waals surface area contributed by atoms with Crippen LogP contribution in [0.4, 0.5) is 0 Å². The predicted molar refractivity (Wildman–Crippen MR) is 78.1 cm³/mol. The van der Waals surface area contributed by atoms with Gasteiger partial charge in [-0.3, -0.25) is 4.68 Å². The van der Waals surface area contributed by atoms with Crippen LogP contribution in [0.15, 0.2) is 29.0 Å². The van der Waals surface area contributed by atoms with Gasteiger partial charge in [0.25, 0.3) is 0 Å². The summed E-state index contributed by atoms with van der Waals surface area (Å²) in [5, 5.41) is 15.0. The standard InChI is InChI=1S/C13H15BrClN3O/c1-2-5-18-13(16-8-17-18)7-12(19)9-3-4-10(14)11(15)6-9/h3-4,6,8,12,19H,2,5,7H2,1H3. The second-order valence-electron chi connectivity index (χ2n) is 4.29. The highest BCUT2D eigenvalue weighted by Crippen LogP contribution is 2.27. The van der Waals surface area contributed by atoms with Gasteiger partial charge in [-0.05, 0) is 40.0 Å². The second-order valence-corrected chi connectivity index (χ2v) is 5.55. The van der Waals surface area contributed by atoms with Gasteiger partial charge >= 0.3 is 0 Å². The monoisotopic (exact) mass is 343 g/mol. The Kier molecular flexibility index (Phi) is 4.96. The van der Waals surface area contributed by atoms with Gasteiger partial charge in [0, 0.05) is 17.4 Å². The van der Waals surface area contributed by atoms with Gasteiger partial charge in [0.2, 0.25) is 0 Å². The zero-order valence-corrected chi connectivity index (χ0v) is 12.9. The number of aliphatic hydroxyl groups excluding tert-OH is 1. The van der Waals surface area contributed by atoms with Crippen LogP contribution in [0.2, 0.25) is 5.02 Å². The van der Waals surface area contributed by atoms with E-state index in [-0.39, 0.29) is 0 Å². The summed E-state index contributed by atoms with van der Waals surface area (Å²) in [6.07, 6.45) is 2.30. The molecule has 0 radical (unpaired) electrons. The quantitative estimate of drug-likeness (QED) is 0.904. The summed E-state index contributed by atoms with van der Waals surface area (Å²) in [5.74, 6) is 0.786. The van der Waals surface area contributed by atoms with Gasteiger partial charge in [-0.2, -0.15) is 5.10 Å². The lowest BCUT2D eigenvalue weighted by atomic mass is 10.1. The second kappa shape index (κ2) is 6.50. The molecule has 2 aromatic rings. The first kappa shape index (κ1) is 14.5. The van der Waals surface area contributed by atoms with Crippen LogP contribution in [0.25, 0.3) is 0 Å². The maximum absolute atomic E-state index is 10.2. The van der Waals surface area contributed by atoms with Gasteiger partial charge in [-0.25, -0.2) is 4.98 Å². The van der Waals surface area contributed by atoms with Gasteiger partial charge < -0.3 is 5.11 Å². The first-order valence-electron chi connectivity index (χ1n) is 6.11. The molecule has 0 aliphatic rings. The molecule has 1 aromatic heterocycles. The lowest BCUT2D eigenvalue weighted by Crippen LogP contribution is -2.10. The van der Waals surface area contributed by atoms with Crippen LogP contribution in [0, 0.1) is 0 Å². The van der Waals surface area contributed by atoms with Crippen LogP contribution in [-0.2, 0) is 13.0 Å². The van der Waals surface area contributed by atoms with Crippen molar-refractivity contribution in [1.29, 1.82) is 0 Å². The zero-order chi connectivity index (χ0) is 13.8. The fourth-order valence-corrected chi connectivity index (χ4v) is 2.29. The molecule has 4 nitrogen and oxygen atoms in total. The molecule has 19 heavy (non-hydrogen) atoms. The highest BCUT2D eigenvalue weighted by molar-refractivity contribution is 9.10. The van der Waals surface area contributed by atoms with Gasteiger partial charge in [0.1, 0.15) is 12.2 Å². The van der Waals surface area contributed by atoms with Crippen LogP contribution in [0.1, 0.15) is 30.8 Å². The Labute approximate surface area is 125 Å². The van der Waals surface area contributed by atoms with E-state index in [1.807, 2.05) is 16.8 Å². The third-order valence-electron chi connectivity index (χ3n) is 2.84. The van der Waals surface area contributed by atoms with E-state index in [4.69, 9.17) is 11.6 Å². The van der Waals surface area contributed by atoms with E-state index in [2.05, 4.69) is 32.9 Å². The molecule has 1 unspecified atom stereocenters. The molecule has 0 fully saturated rings. The van der Waals surface area contributed by atoms with Crippen LogP contribution >= 0.6 is 27.5 Å². The molecule has 1 N–H and O–H groups in total. The highest BCUT2D eigenvalue weighted by atomic mass is 79.9. The van der Waals surface area contributed by atoms with E-state index < -0.39 is 6.10 Å². The molecular formula is C13H15BrClN3O. The Morgan fingerprint density at radius 3 is 2.95 bits per heavy atom. The first-order chi connectivity index (χ1) is 9.11. The summed E-state index contributed by atoms with van der Waals surface area (Å²) < 4.78 is 2.64. The van der Waals surface area contributed by atoms with E-state index in [0.717, 1.165) is 28.8 Å². The van der Waals surface area contributed by atoms with Gasteiger partial charge in [0.15, 0.2) is 0 Å². The topological polar surface area (TPSA) is 50.9 Å². The third-order valence-corrected chi connectivity index (χ3v) is 4.07. The van der Waals surface area contributed by atoms with Crippen molar-refractivity contribution in [2.45, 2.75) is 32.4 Å². The Balaban J connectivity index is 2.13. The fraction of sp³-hybridized carbons (Fsp3) is 0.385. The smallest absolute Gasteiger partial charge is 0.138 e. The summed E-state index contributed by atoms with van der Waals surface area (Å²) in [5.41, 5.74) is 0.777. The van der Waals surface area contributed by atoms with Crippen LogP contribution in [0.3, 0.4) is 0 Å². The molecule has 0 saturated carbocycles. The van der Waals surface area contributed by atoms with Crippen molar-refractivity contribution in [3.05, 3.63) is 45.4 Å². The van der Waals surface area contributed by atoms with E-state index in [1.54, 1.807) is 6.07 Å². The average molecular weight is 345 g/mol. The number of nitrogens with zero attached hydrogens (tertiary/aromatic N) is 3. The van der Waals surface area contributed by atoms with Crippen molar-refractivity contribution < 1.29 is 5.11 Å². The van der Waals surface area contributed by atoms with Gasteiger partial charge in [-0.15, -0.1) is 0 Å². The number of halogens is 2. The summed E-state index contributed by atoms with van der Waals surface area (Å²) in [7, 11) is 0. The molecule has 6 heteroatoms. The Hall–Kier alpha value is -0.910. The largest absolute Gasteiger partial charge is 0.388 e. The number of rotatable bonds is 5. The number of benzene rings is 1. The van der Waals surface area contributed by atoms with Crippen LogP contribution in [-0.4, -0.2) is 19.9 Å². The molecule has 0 saturated heterocycles. The van der Waals surface area contributed by atoms with Crippen LogP contribution in [0.5, 0.6) is 0 Å². The molecule has 0 spiro atoms. The minimum atomic E-state index is -0.634. The number of aliphatic hydroxyl groups is 1. The van der Waals surface area contributed by atoms with Crippen LogP contribution < -0.4 is 0 Å². The molecular weight excluding hydrogens is 330 g/mol. The van der Waals surface area contributed by atoms with Crippen molar-refractivity contribution in [3.8, 4) is 0 Å². The lowest BCUT2D eigenvalue weighted by molar-refractivity contribution is 0.174. The predicted octanol–water partition coefficient (Wildman–Crippen LogP) is 3.38. The SMILES string of the molecule is CCCn1ncnc1CC(O)c1ccc(Br)c(Cl)c1. The molecule has 2 rings (SSSR count). The summed E-state index contributed by atoms with van der Waals surface area (Å²) in [6.45, 7) is 2.89. The molecule has 1 heterocycles. The molecule has 0 aliphatic carbocycles. The fourth-order valence-electron chi connectivity index (χ4n) is 1.86. The minimum absolute atomic E-state index is 0.429. The molecule has 102 valence electrons. The lowest BCUT2D eigenvalue weighted by Gasteiger charge is -2.12. The maximum Gasteiger partial charge on any atom is 0.138 e. The first-order valence-corrected chi connectivity index (χ1v) is 7.28. The van der Waals surface area contributed by atoms with Gasteiger partial charge in [0.05, 0.1) is 11.1 Å². The molecule has 0 amide bonds. The van der Waals surface area contributed by atoms with Crippen molar-refractivity contribution >= 4 is 27.5 Å². The van der Waals surface area contributed by atoms with E-state index in [0.29, 0.717) is 11.4 Å². The Morgan fingerprint density at radius 1 is 1.47 bits per heavy atom. The average Bonchev–Trinajstić information content (AvgIpc) is 2.80. The van der Waals surface area contributed by atoms with Crippen molar-refractivity contribution in [1.82, 2.24) is 14.8 Å². The molecule has 1 atom stereocenters. The highest BCUT2D eigenvalue weighted by Gasteiger charge is 2.14. The van der Waals surface area contributed by atoms with Crippen molar-refractivity contribution in [3.63, 3.8) is 0 Å². The molecule has 0 bridgehead atoms. The number of aryl methyl sites for hydroxylation is 1. The molecule has 1 aromatic carbocycles. The maximum atomic E-state index is 10.2.